The Morgan fingerprint density at radius 3 is 2.50 bits per heavy atom. The Kier molecular flexibility index (Phi) is 4.79. The topological polar surface area (TPSA) is 118 Å². The third-order valence-corrected chi connectivity index (χ3v) is 4.90. The molecule has 8 nitrogen and oxygen atoms in total. The highest BCUT2D eigenvalue weighted by atomic mass is 32.2. The molecule has 0 heterocycles. The van der Waals surface area contributed by atoms with Gasteiger partial charge in [0.05, 0.1) is 4.92 Å². The van der Waals surface area contributed by atoms with Crippen molar-refractivity contribution in [2.45, 2.75) is 18.7 Å². The summed E-state index contributed by atoms with van der Waals surface area (Å²) in [4.78, 5) is 21.0. The summed E-state index contributed by atoms with van der Waals surface area (Å²) in [7, 11) is -2.88. The molecule has 0 aliphatic heterocycles. The number of nitro groups is 1. The third kappa shape index (κ3) is 3.31. The molecule has 0 aromatic heterocycles. The number of para-hydroxylation sites is 1. The number of carbonyl (C=O) groups is 1. The average molecular weight is 302 g/mol. The van der Waals surface area contributed by atoms with Gasteiger partial charge in [0.2, 0.25) is 10.0 Å². The van der Waals surface area contributed by atoms with E-state index in [1.165, 1.54) is 25.2 Å². The quantitative estimate of drug-likeness (QED) is 0.614. The van der Waals surface area contributed by atoms with Gasteiger partial charge in [-0.1, -0.05) is 18.2 Å². The largest absolute Gasteiger partial charge is 0.480 e. The molecule has 20 heavy (non-hydrogen) atoms. The molecule has 1 N–H and O–H groups in total. The fourth-order valence-electron chi connectivity index (χ4n) is 1.55. The molecule has 0 bridgehead atoms. The molecule has 110 valence electrons. The molecule has 0 amide bonds. The number of sulfonamides is 1. The van der Waals surface area contributed by atoms with Crippen LogP contribution in [-0.2, 0) is 21.4 Å². The van der Waals surface area contributed by atoms with Gasteiger partial charge >= 0.3 is 5.97 Å². The molecule has 9 heteroatoms. The van der Waals surface area contributed by atoms with Gasteiger partial charge in [0.15, 0.2) is 5.25 Å². The van der Waals surface area contributed by atoms with Crippen LogP contribution in [0.2, 0.25) is 0 Å². The van der Waals surface area contributed by atoms with E-state index in [1.807, 2.05) is 0 Å². The number of benzene rings is 1. The standard InChI is InChI=1S/C11H14N2O6S/c1-8(11(14)15)20(18,19)12(2)7-9-5-3-4-6-10(9)13(16)17/h3-6,8H,7H2,1-2H3,(H,14,15). The molecule has 1 aromatic rings. The summed E-state index contributed by atoms with van der Waals surface area (Å²) in [6, 6.07) is 5.70. The lowest BCUT2D eigenvalue weighted by Gasteiger charge is -2.19. The van der Waals surface area contributed by atoms with E-state index in [-0.39, 0.29) is 17.8 Å². The van der Waals surface area contributed by atoms with Crippen molar-refractivity contribution in [2.24, 2.45) is 0 Å². The van der Waals surface area contributed by atoms with E-state index in [1.54, 1.807) is 6.07 Å². The summed E-state index contributed by atoms with van der Waals surface area (Å²) in [5.74, 6) is -1.47. The molecule has 1 unspecified atom stereocenters. The van der Waals surface area contributed by atoms with Gasteiger partial charge in [-0.15, -0.1) is 0 Å². The highest BCUT2D eigenvalue weighted by molar-refractivity contribution is 7.90. The first-order valence-corrected chi connectivity index (χ1v) is 7.08. The van der Waals surface area contributed by atoms with Crippen molar-refractivity contribution in [3.63, 3.8) is 0 Å². The van der Waals surface area contributed by atoms with Crippen LogP contribution in [0.5, 0.6) is 0 Å². The minimum Gasteiger partial charge on any atom is -0.480 e. The van der Waals surface area contributed by atoms with Crippen LogP contribution in [0.4, 0.5) is 5.69 Å². The van der Waals surface area contributed by atoms with Crippen molar-refractivity contribution in [3.05, 3.63) is 39.9 Å². The molecular weight excluding hydrogens is 288 g/mol. The van der Waals surface area contributed by atoms with Crippen molar-refractivity contribution in [3.8, 4) is 0 Å². The fourth-order valence-corrected chi connectivity index (χ4v) is 2.66. The first-order chi connectivity index (χ1) is 9.17. The summed E-state index contributed by atoms with van der Waals surface area (Å²) in [5.41, 5.74) is -0.0151. The number of nitro benzene ring substituents is 1. The smallest absolute Gasteiger partial charge is 0.323 e. The van der Waals surface area contributed by atoms with Gasteiger partial charge in [-0.2, -0.15) is 4.31 Å². The first kappa shape index (κ1) is 16.1. The molecular formula is C11H14N2O6S. The fraction of sp³-hybridized carbons (Fsp3) is 0.364. The van der Waals surface area contributed by atoms with Crippen LogP contribution in [0.15, 0.2) is 24.3 Å². The van der Waals surface area contributed by atoms with Crippen LogP contribution >= 0.6 is 0 Å². The molecule has 0 saturated carbocycles. The molecule has 0 spiro atoms. The number of hydrogen-bond acceptors (Lipinski definition) is 5. The number of aliphatic carboxylic acids is 1. The minimum atomic E-state index is -4.07. The highest BCUT2D eigenvalue weighted by Gasteiger charge is 2.32. The monoisotopic (exact) mass is 302 g/mol. The summed E-state index contributed by atoms with van der Waals surface area (Å²) < 4.78 is 24.7. The first-order valence-electron chi connectivity index (χ1n) is 5.58. The Hall–Kier alpha value is -2.00. The molecule has 0 aliphatic carbocycles. The van der Waals surface area contributed by atoms with Crippen LogP contribution < -0.4 is 0 Å². The Morgan fingerprint density at radius 1 is 1.45 bits per heavy atom. The number of nitrogens with zero attached hydrogens (tertiary/aromatic N) is 2. The Balaban J connectivity index is 3.06. The molecule has 1 aromatic carbocycles. The highest BCUT2D eigenvalue weighted by Crippen LogP contribution is 2.21. The Labute approximate surface area is 115 Å². The second kappa shape index (κ2) is 5.97. The molecule has 1 rings (SSSR count). The van der Waals surface area contributed by atoms with Crippen molar-refractivity contribution < 1.29 is 23.2 Å². The van der Waals surface area contributed by atoms with E-state index in [0.29, 0.717) is 0 Å². The molecule has 0 radical (unpaired) electrons. The van der Waals surface area contributed by atoms with Crippen molar-refractivity contribution in [2.75, 3.05) is 7.05 Å². The summed E-state index contributed by atoms with van der Waals surface area (Å²) in [6.45, 7) is 0.782. The number of hydrogen-bond donors (Lipinski definition) is 1. The predicted molar refractivity (Wildman–Crippen MR) is 70.6 cm³/mol. The second-order valence-corrected chi connectivity index (χ2v) is 6.53. The lowest BCUT2D eigenvalue weighted by Crippen LogP contribution is -2.38. The zero-order valence-electron chi connectivity index (χ0n) is 10.9. The maximum absolute atomic E-state index is 11.9. The van der Waals surface area contributed by atoms with E-state index < -0.39 is 26.2 Å². The molecule has 1 atom stereocenters. The number of rotatable bonds is 6. The molecule has 0 aliphatic rings. The maximum Gasteiger partial charge on any atom is 0.323 e. The zero-order chi connectivity index (χ0) is 15.5. The van der Waals surface area contributed by atoms with Gasteiger partial charge in [0.25, 0.3) is 5.69 Å². The third-order valence-electron chi connectivity index (χ3n) is 2.81. The SMILES string of the molecule is CC(C(=O)O)S(=O)(=O)N(C)Cc1ccccc1[N+](=O)[O-]. The van der Waals surface area contributed by atoms with Gasteiger partial charge in [0, 0.05) is 25.2 Å². The van der Waals surface area contributed by atoms with Gasteiger partial charge in [0.1, 0.15) is 0 Å². The summed E-state index contributed by atoms with van der Waals surface area (Å²) >= 11 is 0. The maximum atomic E-state index is 11.9. The van der Waals surface area contributed by atoms with E-state index in [4.69, 9.17) is 5.11 Å². The normalized spacial score (nSPS) is 13.2. The molecule has 0 fully saturated rings. The Bertz CT molecular complexity index is 628. The van der Waals surface area contributed by atoms with E-state index in [2.05, 4.69) is 0 Å². The minimum absolute atomic E-state index is 0.196. The van der Waals surface area contributed by atoms with Crippen LogP contribution in [0, 0.1) is 10.1 Å². The number of carboxylic acids is 1. The van der Waals surface area contributed by atoms with E-state index >= 15 is 0 Å². The Morgan fingerprint density at radius 2 is 2.00 bits per heavy atom. The van der Waals surface area contributed by atoms with Crippen LogP contribution in [0.25, 0.3) is 0 Å². The lowest BCUT2D eigenvalue weighted by molar-refractivity contribution is -0.385. The average Bonchev–Trinajstić information content (AvgIpc) is 2.37. The summed E-state index contributed by atoms with van der Waals surface area (Å²) in [5, 5.41) is 18.0. The van der Waals surface area contributed by atoms with Crippen LogP contribution in [0.1, 0.15) is 12.5 Å². The van der Waals surface area contributed by atoms with Gasteiger partial charge in [-0.3, -0.25) is 14.9 Å². The van der Waals surface area contributed by atoms with E-state index in [9.17, 15) is 23.3 Å². The summed E-state index contributed by atoms with van der Waals surface area (Å²) in [6.07, 6.45) is 0. The van der Waals surface area contributed by atoms with Crippen LogP contribution in [-0.4, -0.2) is 41.0 Å². The van der Waals surface area contributed by atoms with Gasteiger partial charge < -0.3 is 5.11 Å². The van der Waals surface area contributed by atoms with Crippen molar-refractivity contribution in [1.29, 1.82) is 0 Å². The van der Waals surface area contributed by atoms with E-state index in [0.717, 1.165) is 11.2 Å². The molecule has 0 saturated heterocycles. The van der Waals surface area contributed by atoms with Crippen LogP contribution in [0.3, 0.4) is 0 Å². The van der Waals surface area contributed by atoms with Gasteiger partial charge in [-0.05, 0) is 6.92 Å². The lowest BCUT2D eigenvalue weighted by atomic mass is 10.2. The predicted octanol–water partition coefficient (Wildman–Crippen LogP) is 0.830. The van der Waals surface area contributed by atoms with Gasteiger partial charge in [-0.25, -0.2) is 8.42 Å². The zero-order valence-corrected chi connectivity index (χ0v) is 11.7. The van der Waals surface area contributed by atoms with Crippen molar-refractivity contribution in [1.82, 2.24) is 4.31 Å². The van der Waals surface area contributed by atoms with Crippen molar-refractivity contribution >= 4 is 21.7 Å². The number of carboxylic acid groups (broad SMARTS) is 1. The second-order valence-electron chi connectivity index (χ2n) is 4.17.